The topological polar surface area (TPSA) is 19.6 Å². The summed E-state index contributed by atoms with van der Waals surface area (Å²) in [6, 6.07) is 47.8. The average Bonchev–Trinajstić information content (AvgIpc) is 3.44. The molecular weight excluding hydrogens is 548 g/mol. The summed E-state index contributed by atoms with van der Waals surface area (Å²) < 4.78 is 6.31. The molecule has 3 nitrogen and oxygen atoms in total. The van der Waals surface area contributed by atoms with Crippen LogP contribution in [0.5, 0.6) is 0 Å². The van der Waals surface area contributed by atoms with Crippen LogP contribution in [0.4, 0.5) is 28.4 Å². The van der Waals surface area contributed by atoms with E-state index in [0.29, 0.717) is 0 Å². The van der Waals surface area contributed by atoms with E-state index in [1.54, 1.807) is 0 Å². The van der Waals surface area contributed by atoms with Crippen LogP contribution in [0.2, 0.25) is 0 Å². The fourth-order valence-electron chi connectivity index (χ4n) is 5.85. The minimum absolute atomic E-state index is 0.882. The Morgan fingerprint density at radius 2 is 0.867 bits per heavy atom. The van der Waals surface area contributed by atoms with E-state index in [9.17, 15) is 0 Å². The van der Waals surface area contributed by atoms with Crippen molar-refractivity contribution in [2.45, 2.75) is 34.6 Å². The molecule has 0 unspecified atom stereocenters. The third-order valence-electron chi connectivity index (χ3n) is 8.24. The standard InChI is InChI=1S/C40H34N2O.C2H6/c1-27-11-13-30(14-12-27)31-15-17-32(18-16-31)42(35-10-6-8-29(3)24-35)36-20-22-40-38(26-36)37-25-34(19-21-39(37)43-40)41(4)33-9-5-7-28(2)23-33;1-2/h5-26H,1-4H3;1-2H3. The fourth-order valence-corrected chi connectivity index (χ4v) is 5.85. The van der Waals surface area contributed by atoms with Crippen LogP contribution in [0.25, 0.3) is 33.1 Å². The van der Waals surface area contributed by atoms with E-state index in [1.807, 2.05) is 13.8 Å². The average molecular weight is 589 g/mol. The Bertz CT molecular complexity index is 2070. The van der Waals surface area contributed by atoms with Gasteiger partial charge >= 0.3 is 0 Å². The van der Waals surface area contributed by atoms with Crippen LogP contribution in [-0.2, 0) is 0 Å². The SMILES string of the molecule is CC.Cc1ccc(-c2ccc(N(c3cccc(C)c3)c3ccc4oc5ccc(N(C)c6cccc(C)c6)cc5c4c3)cc2)cc1. The first-order valence-electron chi connectivity index (χ1n) is 15.7. The molecule has 0 atom stereocenters. The zero-order valence-corrected chi connectivity index (χ0v) is 27.0. The van der Waals surface area contributed by atoms with Crippen molar-refractivity contribution in [3.8, 4) is 11.1 Å². The van der Waals surface area contributed by atoms with Gasteiger partial charge < -0.3 is 14.2 Å². The van der Waals surface area contributed by atoms with E-state index in [2.05, 4.69) is 171 Å². The van der Waals surface area contributed by atoms with Gasteiger partial charge in [0.25, 0.3) is 0 Å². The van der Waals surface area contributed by atoms with Crippen LogP contribution in [0.1, 0.15) is 30.5 Å². The van der Waals surface area contributed by atoms with Gasteiger partial charge in [-0.1, -0.05) is 80.1 Å². The summed E-state index contributed by atoms with van der Waals surface area (Å²) >= 11 is 0. The molecular formula is C42H40N2O. The molecule has 0 N–H and O–H groups in total. The summed E-state index contributed by atoms with van der Waals surface area (Å²) in [5.74, 6) is 0. The first kappa shape index (κ1) is 29.8. The summed E-state index contributed by atoms with van der Waals surface area (Å²) in [5.41, 5.74) is 13.5. The third kappa shape index (κ3) is 6.07. The van der Waals surface area contributed by atoms with E-state index < -0.39 is 0 Å². The van der Waals surface area contributed by atoms with E-state index in [4.69, 9.17) is 4.42 Å². The number of nitrogens with zero attached hydrogens (tertiary/aromatic N) is 2. The highest BCUT2D eigenvalue weighted by molar-refractivity contribution is 6.08. The molecule has 0 aliphatic rings. The number of benzene rings is 6. The van der Waals surface area contributed by atoms with Crippen LogP contribution in [0.15, 0.2) is 138 Å². The zero-order chi connectivity index (χ0) is 31.5. The summed E-state index contributed by atoms with van der Waals surface area (Å²) in [7, 11) is 2.11. The second kappa shape index (κ2) is 12.8. The number of fused-ring (bicyclic) bond motifs is 3. The second-order valence-corrected chi connectivity index (χ2v) is 11.4. The van der Waals surface area contributed by atoms with Crippen molar-refractivity contribution in [3.05, 3.63) is 150 Å². The monoisotopic (exact) mass is 588 g/mol. The fraction of sp³-hybridized carbons (Fsp3) is 0.143. The Balaban J connectivity index is 0.00000175. The molecule has 1 aromatic heterocycles. The summed E-state index contributed by atoms with van der Waals surface area (Å²) in [6.07, 6.45) is 0. The summed E-state index contributed by atoms with van der Waals surface area (Å²) in [4.78, 5) is 4.55. The molecule has 7 rings (SSSR count). The Morgan fingerprint density at radius 1 is 0.422 bits per heavy atom. The van der Waals surface area contributed by atoms with E-state index in [-0.39, 0.29) is 0 Å². The van der Waals surface area contributed by atoms with Gasteiger partial charge in [-0.3, -0.25) is 0 Å². The predicted octanol–water partition coefficient (Wildman–Crippen LogP) is 12.4. The Morgan fingerprint density at radius 3 is 1.47 bits per heavy atom. The first-order chi connectivity index (χ1) is 21.9. The molecule has 0 fully saturated rings. The zero-order valence-electron chi connectivity index (χ0n) is 27.0. The molecule has 45 heavy (non-hydrogen) atoms. The van der Waals surface area contributed by atoms with Crippen LogP contribution >= 0.6 is 0 Å². The van der Waals surface area contributed by atoms with E-state index in [1.165, 1.54) is 27.8 Å². The number of hydrogen-bond donors (Lipinski definition) is 0. The molecule has 7 aromatic rings. The predicted molar refractivity (Wildman–Crippen MR) is 194 cm³/mol. The molecule has 0 bridgehead atoms. The number of aryl methyl sites for hydroxylation is 3. The quantitative estimate of drug-likeness (QED) is 0.193. The lowest BCUT2D eigenvalue weighted by atomic mass is 10.0. The molecule has 0 spiro atoms. The highest BCUT2D eigenvalue weighted by atomic mass is 16.3. The van der Waals surface area contributed by atoms with Crippen molar-refractivity contribution >= 4 is 50.4 Å². The lowest BCUT2D eigenvalue weighted by molar-refractivity contribution is 0.669. The minimum Gasteiger partial charge on any atom is -0.456 e. The van der Waals surface area contributed by atoms with Crippen molar-refractivity contribution in [1.29, 1.82) is 0 Å². The largest absolute Gasteiger partial charge is 0.456 e. The van der Waals surface area contributed by atoms with Crippen LogP contribution in [-0.4, -0.2) is 7.05 Å². The molecule has 0 aliphatic carbocycles. The Kier molecular flexibility index (Phi) is 8.44. The summed E-state index contributed by atoms with van der Waals surface area (Å²) in [6.45, 7) is 10.4. The first-order valence-corrected chi connectivity index (χ1v) is 15.7. The lowest BCUT2D eigenvalue weighted by Crippen LogP contribution is -2.10. The Labute approximate surface area is 267 Å². The highest BCUT2D eigenvalue weighted by Crippen LogP contribution is 2.40. The molecule has 3 heteroatoms. The highest BCUT2D eigenvalue weighted by Gasteiger charge is 2.17. The van der Waals surface area contributed by atoms with Crippen molar-refractivity contribution in [2.75, 3.05) is 16.8 Å². The van der Waals surface area contributed by atoms with Gasteiger partial charge in [0.15, 0.2) is 0 Å². The normalized spacial score (nSPS) is 10.9. The van der Waals surface area contributed by atoms with Gasteiger partial charge in [0.05, 0.1) is 0 Å². The molecule has 6 aromatic carbocycles. The van der Waals surface area contributed by atoms with Crippen LogP contribution in [0.3, 0.4) is 0 Å². The van der Waals surface area contributed by atoms with Crippen molar-refractivity contribution < 1.29 is 4.42 Å². The Hall–Kier alpha value is -5.28. The summed E-state index contributed by atoms with van der Waals surface area (Å²) in [5, 5.41) is 2.20. The lowest BCUT2D eigenvalue weighted by Gasteiger charge is -2.26. The molecule has 0 aliphatic heterocycles. The third-order valence-corrected chi connectivity index (χ3v) is 8.24. The van der Waals surface area contributed by atoms with Crippen LogP contribution in [0, 0.1) is 20.8 Å². The van der Waals surface area contributed by atoms with Gasteiger partial charge in [0.2, 0.25) is 0 Å². The maximum absolute atomic E-state index is 6.31. The molecule has 1 heterocycles. The minimum atomic E-state index is 0.882. The molecule has 224 valence electrons. The van der Waals surface area contributed by atoms with Crippen molar-refractivity contribution in [1.82, 2.24) is 0 Å². The van der Waals surface area contributed by atoms with E-state index in [0.717, 1.165) is 50.4 Å². The number of furan rings is 1. The maximum atomic E-state index is 6.31. The van der Waals surface area contributed by atoms with Crippen LogP contribution < -0.4 is 9.80 Å². The molecule has 0 saturated heterocycles. The van der Waals surface area contributed by atoms with Gasteiger partial charge in [-0.25, -0.2) is 0 Å². The van der Waals surface area contributed by atoms with Gasteiger partial charge in [-0.05, 0) is 116 Å². The van der Waals surface area contributed by atoms with Gasteiger partial charge in [-0.2, -0.15) is 0 Å². The van der Waals surface area contributed by atoms with Gasteiger partial charge in [0.1, 0.15) is 11.2 Å². The number of hydrogen-bond acceptors (Lipinski definition) is 3. The second-order valence-electron chi connectivity index (χ2n) is 11.4. The van der Waals surface area contributed by atoms with Gasteiger partial charge in [-0.15, -0.1) is 0 Å². The van der Waals surface area contributed by atoms with E-state index >= 15 is 0 Å². The smallest absolute Gasteiger partial charge is 0.135 e. The molecule has 0 amide bonds. The molecule has 0 saturated carbocycles. The number of rotatable bonds is 6. The maximum Gasteiger partial charge on any atom is 0.135 e. The molecule has 0 radical (unpaired) electrons. The van der Waals surface area contributed by atoms with Crippen molar-refractivity contribution in [3.63, 3.8) is 0 Å². The number of anilines is 5. The van der Waals surface area contributed by atoms with Gasteiger partial charge in [0, 0.05) is 46.3 Å². The van der Waals surface area contributed by atoms with Crippen molar-refractivity contribution in [2.24, 2.45) is 0 Å².